The van der Waals surface area contributed by atoms with Crippen LogP contribution in [-0.2, 0) is 14.8 Å². The number of benzene rings is 1. The molecule has 136 valence electrons. The maximum atomic E-state index is 12.4. The molecule has 0 unspecified atom stereocenters. The molecule has 2 heterocycles. The zero-order valence-corrected chi connectivity index (χ0v) is 15.2. The highest BCUT2D eigenvalue weighted by Gasteiger charge is 2.30. The van der Waals surface area contributed by atoms with Crippen LogP contribution in [0.25, 0.3) is 0 Å². The van der Waals surface area contributed by atoms with Crippen molar-refractivity contribution in [2.45, 2.75) is 24.2 Å². The van der Waals surface area contributed by atoms with Crippen LogP contribution in [0.3, 0.4) is 0 Å². The van der Waals surface area contributed by atoms with E-state index in [4.69, 9.17) is 0 Å². The van der Waals surface area contributed by atoms with Gasteiger partial charge in [0, 0.05) is 18.7 Å². The number of piperidine rings is 1. The number of aliphatic imine (C=N–C) groups is 1. The molecule has 1 aromatic carbocycles. The monoisotopic (exact) mass is 364 g/mol. The summed E-state index contributed by atoms with van der Waals surface area (Å²) in [6, 6.07) is 6.67. The van der Waals surface area contributed by atoms with Gasteiger partial charge in [-0.05, 0) is 50.9 Å². The van der Waals surface area contributed by atoms with Gasteiger partial charge in [0.25, 0.3) is 10.0 Å². The van der Waals surface area contributed by atoms with E-state index in [0.29, 0.717) is 11.5 Å². The van der Waals surface area contributed by atoms with Crippen molar-refractivity contribution in [3.05, 3.63) is 29.8 Å². The average molecular weight is 364 g/mol. The van der Waals surface area contributed by atoms with Crippen LogP contribution < -0.4 is 10.0 Å². The topological polar surface area (TPSA) is 90.9 Å². The van der Waals surface area contributed by atoms with E-state index >= 15 is 0 Å². The molecule has 0 spiro atoms. The summed E-state index contributed by atoms with van der Waals surface area (Å²) in [6.07, 6.45) is 3.16. The van der Waals surface area contributed by atoms with Crippen molar-refractivity contribution in [1.82, 2.24) is 14.9 Å². The van der Waals surface area contributed by atoms with E-state index in [2.05, 4.69) is 15.0 Å². The molecule has 2 aliphatic heterocycles. The molecule has 0 atom stereocenters. The van der Waals surface area contributed by atoms with Crippen molar-refractivity contribution in [3.63, 3.8) is 0 Å². The summed E-state index contributed by atoms with van der Waals surface area (Å²) >= 11 is 0. The Morgan fingerprint density at radius 2 is 2.04 bits per heavy atom. The number of fused-ring (bicyclic) bond motifs is 1. The summed E-state index contributed by atoms with van der Waals surface area (Å²) in [5.41, 5.74) is 0.529. The molecular formula is C17H24N4O3S. The Morgan fingerprint density at radius 1 is 1.32 bits per heavy atom. The standard InChI is InChI=1S/C17H24N4O3S/c1-18-9-6-13-7-10-21(11-8-13)16(22)12-19-17-14-4-2-3-5-15(14)25(23,24)20-17/h2-5,13,18H,6-12H2,1H3,(H,19,20). The van der Waals surface area contributed by atoms with Crippen LogP contribution in [-0.4, -0.2) is 58.3 Å². The Labute approximate surface area is 148 Å². The van der Waals surface area contributed by atoms with Gasteiger partial charge in [-0.15, -0.1) is 0 Å². The number of rotatable bonds is 5. The van der Waals surface area contributed by atoms with E-state index in [0.717, 1.165) is 38.9 Å². The second-order valence-corrected chi connectivity index (χ2v) is 8.13. The van der Waals surface area contributed by atoms with Gasteiger partial charge >= 0.3 is 0 Å². The second-order valence-electron chi connectivity index (χ2n) is 6.48. The molecule has 7 nitrogen and oxygen atoms in total. The Kier molecular flexibility index (Phi) is 5.39. The molecule has 8 heteroatoms. The molecule has 25 heavy (non-hydrogen) atoms. The number of nitrogens with zero attached hydrogens (tertiary/aromatic N) is 2. The average Bonchev–Trinajstić information content (AvgIpc) is 2.89. The van der Waals surface area contributed by atoms with E-state index in [-0.39, 0.29) is 23.2 Å². The maximum Gasteiger partial charge on any atom is 0.263 e. The third kappa shape index (κ3) is 4.01. The maximum absolute atomic E-state index is 12.4. The largest absolute Gasteiger partial charge is 0.341 e. The number of amidine groups is 1. The Hall–Kier alpha value is -1.93. The molecule has 2 N–H and O–H groups in total. The fourth-order valence-electron chi connectivity index (χ4n) is 3.32. The van der Waals surface area contributed by atoms with Crippen molar-refractivity contribution in [1.29, 1.82) is 0 Å². The summed E-state index contributed by atoms with van der Waals surface area (Å²) in [7, 11) is -1.60. The quantitative estimate of drug-likeness (QED) is 0.799. The van der Waals surface area contributed by atoms with Gasteiger partial charge in [-0.2, -0.15) is 0 Å². The zero-order valence-electron chi connectivity index (χ0n) is 14.4. The first-order valence-corrected chi connectivity index (χ1v) is 10.1. The van der Waals surface area contributed by atoms with E-state index in [1.807, 2.05) is 11.9 Å². The highest BCUT2D eigenvalue weighted by atomic mass is 32.2. The van der Waals surface area contributed by atoms with Gasteiger partial charge in [0.15, 0.2) is 0 Å². The van der Waals surface area contributed by atoms with Crippen LogP contribution in [0.5, 0.6) is 0 Å². The summed E-state index contributed by atoms with van der Waals surface area (Å²) in [5, 5.41) is 3.16. The molecule has 0 saturated carbocycles. The number of amides is 1. The van der Waals surface area contributed by atoms with E-state index in [1.54, 1.807) is 18.2 Å². The molecule has 1 aromatic rings. The Balaban J connectivity index is 1.59. The molecular weight excluding hydrogens is 340 g/mol. The fraction of sp³-hybridized carbons (Fsp3) is 0.529. The van der Waals surface area contributed by atoms with Gasteiger partial charge in [-0.1, -0.05) is 12.1 Å². The van der Waals surface area contributed by atoms with Crippen molar-refractivity contribution in [2.75, 3.05) is 33.2 Å². The molecule has 1 saturated heterocycles. The van der Waals surface area contributed by atoms with Crippen LogP contribution in [0.1, 0.15) is 24.8 Å². The zero-order chi connectivity index (χ0) is 17.9. The minimum Gasteiger partial charge on any atom is -0.341 e. The number of carbonyl (C=O) groups is 1. The number of hydrogen-bond donors (Lipinski definition) is 2. The third-order valence-corrected chi connectivity index (χ3v) is 6.20. The fourth-order valence-corrected chi connectivity index (χ4v) is 4.57. The molecule has 0 aromatic heterocycles. The lowest BCUT2D eigenvalue weighted by Crippen LogP contribution is -2.40. The van der Waals surface area contributed by atoms with Gasteiger partial charge in [0.2, 0.25) is 5.91 Å². The van der Waals surface area contributed by atoms with Crippen LogP contribution >= 0.6 is 0 Å². The lowest BCUT2D eigenvalue weighted by molar-refractivity contribution is -0.131. The third-order valence-electron chi connectivity index (χ3n) is 4.80. The number of hydrogen-bond acceptors (Lipinski definition) is 5. The lowest BCUT2D eigenvalue weighted by atomic mass is 9.93. The Morgan fingerprint density at radius 3 is 2.76 bits per heavy atom. The van der Waals surface area contributed by atoms with Gasteiger partial charge in [0.1, 0.15) is 12.4 Å². The summed E-state index contributed by atoms with van der Waals surface area (Å²) in [5.74, 6) is 0.868. The molecule has 0 aliphatic carbocycles. The second kappa shape index (κ2) is 7.53. The van der Waals surface area contributed by atoms with E-state index < -0.39 is 10.0 Å². The SMILES string of the molecule is CNCCC1CCN(C(=O)CN=C2NS(=O)(=O)c3ccccc32)CC1. The molecule has 3 rings (SSSR count). The van der Waals surface area contributed by atoms with Crippen LogP contribution in [0, 0.1) is 5.92 Å². The normalized spacial score (nSPS) is 21.2. The Bertz CT molecular complexity index is 768. The van der Waals surface area contributed by atoms with Crippen molar-refractivity contribution >= 4 is 21.8 Å². The highest BCUT2D eigenvalue weighted by molar-refractivity contribution is 7.90. The number of likely N-dealkylation sites (tertiary alicyclic amines) is 1. The molecule has 0 radical (unpaired) electrons. The summed E-state index contributed by atoms with van der Waals surface area (Å²) < 4.78 is 26.5. The van der Waals surface area contributed by atoms with E-state index in [1.165, 1.54) is 6.07 Å². The predicted octanol–water partition coefficient (Wildman–Crippen LogP) is 0.573. The van der Waals surface area contributed by atoms with Crippen LogP contribution in [0.15, 0.2) is 34.2 Å². The molecule has 0 bridgehead atoms. The first-order valence-electron chi connectivity index (χ1n) is 8.60. The van der Waals surface area contributed by atoms with Gasteiger partial charge in [0.05, 0.1) is 4.90 Å². The van der Waals surface area contributed by atoms with Crippen molar-refractivity contribution in [2.24, 2.45) is 10.9 Å². The lowest BCUT2D eigenvalue weighted by Gasteiger charge is -2.31. The first-order chi connectivity index (χ1) is 12.0. The molecule has 1 amide bonds. The molecule has 2 aliphatic rings. The predicted molar refractivity (Wildman–Crippen MR) is 96.0 cm³/mol. The van der Waals surface area contributed by atoms with Crippen LogP contribution in [0.4, 0.5) is 0 Å². The summed E-state index contributed by atoms with van der Waals surface area (Å²) in [4.78, 5) is 18.7. The van der Waals surface area contributed by atoms with Gasteiger partial charge in [-0.3, -0.25) is 14.5 Å². The minimum atomic E-state index is -3.56. The van der Waals surface area contributed by atoms with Crippen molar-refractivity contribution < 1.29 is 13.2 Å². The first kappa shape index (κ1) is 17.9. The summed E-state index contributed by atoms with van der Waals surface area (Å²) in [6.45, 7) is 2.47. The minimum absolute atomic E-state index is 0.0344. The number of carbonyl (C=O) groups excluding carboxylic acids is 1. The number of nitrogens with one attached hydrogen (secondary N) is 2. The van der Waals surface area contributed by atoms with E-state index in [9.17, 15) is 13.2 Å². The van der Waals surface area contributed by atoms with Gasteiger partial charge in [-0.25, -0.2) is 8.42 Å². The molecule has 1 fully saturated rings. The number of sulfonamides is 1. The highest BCUT2D eigenvalue weighted by Crippen LogP contribution is 2.23. The van der Waals surface area contributed by atoms with Gasteiger partial charge < -0.3 is 10.2 Å². The smallest absolute Gasteiger partial charge is 0.263 e. The van der Waals surface area contributed by atoms with Crippen molar-refractivity contribution in [3.8, 4) is 0 Å². The van der Waals surface area contributed by atoms with Crippen LogP contribution in [0.2, 0.25) is 0 Å².